The molecular formula is C13H21N3O2. The molecule has 0 spiro atoms. The zero-order valence-electron chi connectivity index (χ0n) is 11.1. The van der Waals surface area contributed by atoms with Crippen molar-refractivity contribution in [3.05, 3.63) is 24.3 Å². The minimum Gasteiger partial charge on any atom is -0.497 e. The van der Waals surface area contributed by atoms with Gasteiger partial charge in [0.1, 0.15) is 5.75 Å². The lowest BCUT2D eigenvalue weighted by molar-refractivity contribution is 0.250. The molecule has 0 aliphatic carbocycles. The summed E-state index contributed by atoms with van der Waals surface area (Å²) in [5.74, 6) is 1.09. The third kappa shape index (κ3) is 4.63. The fourth-order valence-corrected chi connectivity index (χ4v) is 1.30. The van der Waals surface area contributed by atoms with Gasteiger partial charge in [-0.25, -0.2) is 4.79 Å². The lowest BCUT2D eigenvalue weighted by Gasteiger charge is -2.16. The first-order valence-corrected chi connectivity index (χ1v) is 5.97. The van der Waals surface area contributed by atoms with Crippen LogP contribution in [0, 0.1) is 5.92 Å². The molecule has 0 fully saturated rings. The molecule has 5 nitrogen and oxygen atoms in total. The number of nitrogens with one attached hydrogen (secondary N) is 2. The van der Waals surface area contributed by atoms with Gasteiger partial charge in [-0.15, -0.1) is 0 Å². The number of methoxy groups -OCH3 is 1. The van der Waals surface area contributed by atoms with E-state index in [0.29, 0.717) is 18.2 Å². The molecule has 1 atom stereocenters. The van der Waals surface area contributed by atoms with Crippen LogP contribution in [0.3, 0.4) is 0 Å². The fraction of sp³-hybridized carbons (Fsp3) is 0.462. The summed E-state index contributed by atoms with van der Waals surface area (Å²) in [5, 5.41) is 5.46. The summed E-state index contributed by atoms with van der Waals surface area (Å²) in [6, 6.07) is 6.84. The summed E-state index contributed by atoms with van der Waals surface area (Å²) in [4.78, 5) is 11.6. The minimum atomic E-state index is -0.253. The Bertz CT molecular complexity index is 376. The Morgan fingerprint density at radius 1 is 1.33 bits per heavy atom. The summed E-state index contributed by atoms with van der Waals surface area (Å²) >= 11 is 0. The van der Waals surface area contributed by atoms with Gasteiger partial charge in [-0.2, -0.15) is 0 Å². The molecule has 0 heterocycles. The molecule has 0 saturated carbocycles. The summed E-state index contributed by atoms with van der Waals surface area (Å²) < 4.78 is 5.03. The number of nitrogens with two attached hydrogens (primary N) is 1. The zero-order valence-corrected chi connectivity index (χ0v) is 11.1. The van der Waals surface area contributed by atoms with Crippen LogP contribution in [0.5, 0.6) is 5.75 Å². The largest absolute Gasteiger partial charge is 0.497 e. The Morgan fingerprint density at radius 3 is 2.44 bits per heavy atom. The number of anilines is 1. The lowest BCUT2D eigenvalue weighted by Crippen LogP contribution is -2.42. The Balaban J connectivity index is 2.39. The van der Waals surface area contributed by atoms with E-state index >= 15 is 0 Å². The van der Waals surface area contributed by atoms with Crippen molar-refractivity contribution in [3.63, 3.8) is 0 Å². The van der Waals surface area contributed by atoms with E-state index in [0.717, 1.165) is 5.75 Å². The van der Waals surface area contributed by atoms with Crippen LogP contribution in [-0.4, -0.2) is 25.7 Å². The molecule has 0 aromatic heterocycles. The Hall–Kier alpha value is -1.75. The molecule has 2 amide bonds. The minimum absolute atomic E-state index is 0.0355. The smallest absolute Gasteiger partial charge is 0.319 e. The van der Waals surface area contributed by atoms with Gasteiger partial charge in [-0.1, -0.05) is 13.8 Å². The number of amides is 2. The van der Waals surface area contributed by atoms with Crippen LogP contribution in [0.25, 0.3) is 0 Å². The second-order valence-corrected chi connectivity index (χ2v) is 4.47. The summed E-state index contributed by atoms with van der Waals surface area (Å²) in [7, 11) is 1.60. The van der Waals surface area contributed by atoms with E-state index < -0.39 is 0 Å². The van der Waals surface area contributed by atoms with Gasteiger partial charge in [-0.3, -0.25) is 0 Å². The highest BCUT2D eigenvalue weighted by Crippen LogP contribution is 2.14. The van der Waals surface area contributed by atoms with Gasteiger partial charge in [0, 0.05) is 18.3 Å². The van der Waals surface area contributed by atoms with Crippen molar-refractivity contribution >= 4 is 11.7 Å². The third-order valence-electron chi connectivity index (χ3n) is 2.70. The number of ether oxygens (including phenoxy) is 1. The van der Waals surface area contributed by atoms with Crippen LogP contribution < -0.4 is 21.1 Å². The SMILES string of the molecule is COc1ccc(NC(=O)NCC(N)C(C)C)cc1. The standard InChI is InChI=1S/C13H21N3O2/c1-9(2)12(14)8-15-13(17)16-10-4-6-11(18-3)7-5-10/h4-7,9,12H,8,14H2,1-3H3,(H2,15,16,17). The molecule has 5 heteroatoms. The number of hydrogen-bond acceptors (Lipinski definition) is 3. The summed E-state index contributed by atoms with van der Waals surface area (Å²) in [6.45, 7) is 4.50. The van der Waals surface area contributed by atoms with Crippen LogP contribution in [-0.2, 0) is 0 Å². The Labute approximate surface area is 108 Å². The molecular weight excluding hydrogens is 230 g/mol. The number of carbonyl (C=O) groups excluding carboxylic acids is 1. The molecule has 1 aromatic carbocycles. The van der Waals surface area contributed by atoms with E-state index in [-0.39, 0.29) is 12.1 Å². The highest BCUT2D eigenvalue weighted by Gasteiger charge is 2.09. The molecule has 0 saturated heterocycles. The molecule has 1 aromatic rings. The topological polar surface area (TPSA) is 76.4 Å². The third-order valence-corrected chi connectivity index (χ3v) is 2.70. The van der Waals surface area contributed by atoms with E-state index in [1.54, 1.807) is 31.4 Å². The van der Waals surface area contributed by atoms with E-state index in [1.807, 2.05) is 13.8 Å². The van der Waals surface area contributed by atoms with Crippen LogP contribution in [0.1, 0.15) is 13.8 Å². The second kappa shape index (κ2) is 6.86. The van der Waals surface area contributed by atoms with Crippen molar-refractivity contribution in [1.29, 1.82) is 0 Å². The number of urea groups is 1. The van der Waals surface area contributed by atoms with E-state index in [9.17, 15) is 4.79 Å². The van der Waals surface area contributed by atoms with Gasteiger partial charge in [0.25, 0.3) is 0 Å². The summed E-state index contributed by atoms with van der Waals surface area (Å²) in [6.07, 6.45) is 0. The number of benzene rings is 1. The normalized spacial score (nSPS) is 12.1. The van der Waals surface area contributed by atoms with Crippen molar-refractivity contribution in [2.24, 2.45) is 11.7 Å². The first kappa shape index (κ1) is 14.3. The first-order valence-electron chi connectivity index (χ1n) is 5.97. The summed E-state index contributed by atoms with van der Waals surface area (Å²) in [5.41, 5.74) is 6.55. The van der Waals surface area contributed by atoms with Gasteiger partial charge in [0.2, 0.25) is 0 Å². The van der Waals surface area contributed by atoms with Crippen LogP contribution in [0.4, 0.5) is 10.5 Å². The maximum atomic E-state index is 11.6. The van der Waals surface area contributed by atoms with Crippen LogP contribution in [0.15, 0.2) is 24.3 Å². The predicted molar refractivity (Wildman–Crippen MR) is 72.8 cm³/mol. The van der Waals surface area contributed by atoms with Crippen LogP contribution in [0.2, 0.25) is 0 Å². The zero-order chi connectivity index (χ0) is 13.5. The number of rotatable bonds is 5. The maximum absolute atomic E-state index is 11.6. The lowest BCUT2D eigenvalue weighted by atomic mass is 10.1. The van der Waals surface area contributed by atoms with E-state index in [1.165, 1.54) is 0 Å². The molecule has 0 aliphatic rings. The predicted octanol–water partition coefficient (Wildman–Crippen LogP) is 1.80. The average Bonchev–Trinajstić information content (AvgIpc) is 2.36. The second-order valence-electron chi connectivity index (χ2n) is 4.47. The maximum Gasteiger partial charge on any atom is 0.319 e. The highest BCUT2D eigenvalue weighted by molar-refractivity contribution is 5.89. The van der Waals surface area contributed by atoms with Crippen molar-refractivity contribution in [1.82, 2.24) is 5.32 Å². The van der Waals surface area contributed by atoms with Crippen LogP contribution >= 0.6 is 0 Å². The average molecular weight is 251 g/mol. The fourth-order valence-electron chi connectivity index (χ4n) is 1.30. The molecule has 1 rings (SSSR count). The van der Waals surface area contributed by atoms with E-state index in [4.69, 9.17) is 10.5 Å². The van der Waals surface area contributed by atoms with Gasteiger partial charge < -0.3 is 21.1 Å². The van der Waals surface area contributed by atoms with Crippen molar-refractivity contribution < 1.29 is 9.53 Å². The monoisotopic (exact) mass is 251 g/mol. The van der Waals surface area contributed by atoms with Gasteiger partial charge in [0.05, 0.1) is 7.11 Å². The highest BCUT2D eigenvalue weighted by atomic mass is 16.5. The molecule has 0 radical (unpaired) electrons. The van der Waals surface area contributed by atoms with E-state index in [2.05, 4.69) is 10.6 Å². The van der Waals surface area contributed by atoms with Crippen molar-refractivity contribution in [2.75, 3.05) is 19.0 Å². The van der Waals surface area contributed by atoms with Gasteiger partial charge in [0.15, 0.2) is 0 Å². The quantitative estimate of drug-likeness (QED) is 0.747. The molecule has 18 heavy (non-hydrogen) atoms. The molecule has 4 N–H and O–H groups in total. The first-order chi connectivity index (χ1) is 8.52. The number of hydrogen-bond donors (Lipinski definition) is 3. The van der Waals surface area contributed by atoms with Crippen molar-refractivity contribution in [2.45, 2.75) is 19.9 Å². The van der Waals surface area contributed by atoms with Crippen molar-refractivity contribution in [3.8, 4) is 5.75 Å². The van der Waals surface area contributed by atoms with Gasteiger partial charge in [-0.05, 0) is 30.2 Å². The van der Waals surface area contributed by atoms with Gasteiger partial charge >= 0.3 is 6.03 Å². The molecule has 0 aliphatic heterocycles. The Kier molecular flexibility index (Phi) is 5.45. The Morgan fingerprint density at radius 2 is 1.94 bits per heavy atom. The molecule has 1 unspecified atom stereocenters. The molecule has 0 bridgehead atoms. The number of carbonyl (C=O) groups is 1. The molecule has 100 valence electrons.